The Labute approximate surface area is 187 Å². The van der Waals surface area contributed by atoms with Gasteiger partial charge < -0.3 is 10.1 Å². The quantitative estimate of drug-likeness (QED) is 0.568. The SMILES string of the molecule is COc1ccccc1CN1CCC(NC(=O)c2cccc(-n3ccnc3SC)c2)CC1. The molecule has 0 spiro atoms. The Morgan fingerprint density at radius 1 is 1.19 bits per heavy atom. The monoisotopic (exact) mass is 436 g/mol. The average molecular weight is 437 g/mol. The standard InChI is InChI=1S/C24H28N4O2S/c1-30-22-9-4-3-6-19(22)17-27-13-10-20(11-14-27)26-23(29)18-7-5-8-21(16-18)28-15-12-25-24(28)31-2/h3-9,12,15-16,20H,10-11,13-14,17H2,1-2H3,(H,26,29). The summed E-state index contributed by atoms with van der Waals surface area (Å²) in [6.45, 7) is 2.78. The van der Waals surface area contributed by atoms with Crippen LogP contribution in [0.4, 0.5) is 0 Å². The van der Waals surface area contributed by atoms with Crippen LogP contribution in [0.3, 0.4) is 0 Å². The highest BCUT2D eigenvalue weighted by molar-refractivity contribution is 7.98. The number of para-hydroxylation sites is 1. The van der Waals surface area contributed by atoms with Gasteiger partial charge in [0.15, 0.2) is 5.16 Å². The third-order valence-electron chi connectivity index (χ3n) is 5.69. The Morgan fingerprint density at radius 2 is 2.00 bits per heavy atom. The molecule has 6 nitrogen and oxygen atoms in total. The molecule has 1 aromatic heterocycles. The van der Waals surface area contributed by atoms with Crippen molar-refractivity contribution in [2.45, 2.75) is 30.6 Å². The number of benzene rings is 2. The summed E-state index contributed by atoms with van der Waals surface area (Å²) in [6, 6.07) is 16.1. The topological polar surface area (TPSA) is 59.4 Å². The summed E-state index contributed by atoms with van der Waals surface area (Å²) in [5.74, 6) is 0.913. The van der Waals surface area contributed by atoms with Gasteiger partial charge in [0.1, 0.15) is 5.75 Å². The molecule has 2 heterocycles. The third kappa shape index (κ3) is 5.11. The molecule has 1 saturated heterocycles. The number of amides is 1. The van der Waals surface area contributed by atoms with Gasteiger partial charge in [0, 0.05) is 54.9 Å². The molecule has 2 aromatic carbocycles. The predicted octanol–water partition coefficient (Wildman–Crippen LogP) is 4.00. The van der Waals surface area contributed by atoms with Gasteiger partial charge in [-0.2, -0.15) is 0 Å². The van der Waals surface area contributed by atoms with E-state index in [0.29, 0.717) is 5.56 Å². The molecule has 1 aliphatic heterocycles. The average Bonchev–Trinajstić information content (AvgIpc) is 3.30. The summed E-state index contributed by atoms with van der Waals surface area (Å²) in [5.41, 5.74) is 2.82. The molecule has 0 aliphatic carbocycles. The van der Waals surface area contributed by atoms with Gasteiger partial charge in [-0.05, 0) is 43.4 Å². The lowest BCUT2D eigenvalue weighted by atomic mass is 10.0. The lowest BCUT2D eigenvalue weighted by molar-refractivity contribution is 0.0908. The van der Waals surface area contributed by atoms with E-state index in [1.54, 1.807) is 25.1 Å². The van der Waals surface area contributed by atoms with Gasteiger partial charge in [-0.25, -0.2) is 4.98 Å². The number of piperidine rings is 1. The normalized spacial score (nSPS) is 15.0. The number of ether oxygens (including phenoxy) is 1. The molecule has 0 atom stereocenters. The molecule has 1 N–H and O–H groups in total. The summed E-state index contributed by atoms with van der Waals surface area (Å²) in [5, 5.41) is 4.13. The highest BCUT2D eigenvalue weighted by Gasteiger charge is 2.22. The second-order valence-corrected chi connectivity index (χ2v) is 8.44. The van der Waals surface area contributed by atoms with Crippen molar-refractivity contribution >= 4 is 17.7 Å². The molecular weight excluding hydrogens is 408 g/mol. The number of nitrogens with zero attached hydrogens (tertiary/aromatic N) is 3. The van der Waals surface area contributed by atoms with E-state index < -0.39 is 0 Å². The van der Waals surface area contributed by atoms with E-state index in [-0.39, 0.29) is 11.9 Å². The van der Waals surface area contributed by atoms with E-state index in [1.165, 1.54) is 5.56 Å². The van der Waals surface area contributed by atoms with Gasteiger partial charge in [-0.1, -0.05) is 36.0 Å². The minimum Gasteiger partial charge on any atom is -0.496 e. The van der Waals surface area contributed by atoms with Crippen molar-refractivity contribution in [3.8, 4) is 11.4 Å². The summed E-state index contributed by atoms with van der Waals surface area (Å²) < 4.78 is 7.47. The molecule has 0 saturated carbocycles. The van der Waals surface area contributed by atoms with Gasteiger partial charge in [-0.15, -0.1) is 0 Å². The van der Waals surface area contributed by atoms with Crippen LogP contribution in [-0.4, -0.2) is 52.9 Å². The lowest BCUT2D eigenvalue weighted by Gasteiger charge is -2.32. The molecule has 1 fully saturated rings. The van der Waals surface area contributed by atoms with Gasteiger partial charge in [0.25, 0.3) is 5.91 Å². The number of likely N-dealkylation sites (tertiary alicyclic amines) is 1. The summed E-state index contributed by atoms with van der Waals surface area (Å²) in [6.07, 6.45) is 7.57. The lowest BCUT2D eigenvalue weighted by Crippen LogP contribution is -2.44. The van der Waals surface area contributed by atoms with E-state index >= 15 is 0 Å². The molecule has 3 aromatic rings. The summed E-state index contributed by atoms with van der Waals surface area (Å²) in [7, 11) is 1.71. The number of nitrogens with one attached hydrogen (secondary N) is 1. The highest BCUT2D eigenvalue weighted by Crippen LogP contribution is 2.22. The van der Waals surface area contributed by atoms with Crippen LogP contribution in [0, 0.1) is 0 Å². The Kier molecular flexibility index (Phi) is 6.94. The fraction of sp³-hybridized carbons (Fsp3) is 0.333. The maximum atomic E-state index is 12.9. The van der Waals surface area contributed by atoms with Crippen LogP contribution in [0.15, 0.2) is 66.1 Å². The van der Waals surface area contributed by atoms with Crippen molar-refractivity contribution in [1.29, 1.82) is 0 Å². The molecule has 4 rings (SSSR count). The molecular formula is C24H28N4O2S. The number of thioether (sulfide) groups is 1. The summed E-state index contributed by atoms with van der Waals surface area (Å²) >= 11 is 1.58. The Balaban J connectivity index is 1.34. The van der Waals surface area contributed by atoms with Crippen LogP contribution < -0.4 is 10.1 Å². The van der Waals surface area contributed by atoms with Gasteiger partial charge >= 0.3 is 0 Å². The van der Waals surface area contributed by atoms with Crippen molar-refractivity contribution in [1.82, 2.24) is 19.8 Å². The number of methoxy groups -OCH3 is 1. The van der Waals surface area contributed by atoms with Gasteiger partial charge in [-0.3, -0.25) is 14.3 Å². The van der Waals surface area contributed by atoms with E-state index in [0.717, 1.165) is 49.1 Å². The maximum absolute atomic E-state index is 12.9. The molecule has 1 aliphatic rings. The molecule has 7 heteroatoms. The molecule has 0 radical (unpaired) electrons. The largest absolute Gasteiger partial charge is 0.496 e. The second kappa shape index (κ2) is 10.0. The van der Waals surface area contributed by atoms with Crippen LogP contribution in [-0.2, 0) is 6.54 Å². The van der Waals surface area contributed by atoms with Crippen LogP contribution >= 0.6 is 11.8 Å². The minimum atomic E-state index is -0.0177. The molecule has 0 unspecified atom stereocenters. The molecule has 31 heavy (non-hydrogen) atoms. The second-order valence-electron chi connectivity index (χ2n) is 7.67. The third-order valence-corrected chi connectivity index (χ3v) is 6.35. The first-order chi connectivity index (χ1) is 15.2. The number of hydrogen-bond acceptors (Lipinski definition) is 5. The highest BCUT2D eigenvalue weighted by atomic mass is 32.2. The Hall–Kier alpha value is -2.77. The zero-order valence-electron chi connectivity index (χ0n) is 18.0. The number of imidazole rings is 1. The van der Waals surface area contributed by atoms with Gasteiger partial charge in [0.2, 0.25) is 0 Å². The zero-order valence-corrected chi connectivity index (χ0v) is 18.8. The van der Waals surface area contributed by atoms with Crippen LogP contribution in [0.1, 0.15) is 28.8 Å². The first-order valence-corrected chi connectivity index (χ1v) is 11.7. The van der Waals surface area contributed by atoms with Crippen molar-refractivity contribution in [3.05, 3.63) is 72.1 Å². The number of aromatic nitrogens is 2. The van der Waals surface area contributed by atoms with Crippen molar-refractivity contribution < 1.29 is 9.53 Å². The fourth-order valence-corrected chi connectivity index (χ4v) is 4.54. The maximum Gasteiger partial charge on any atom is 0.251 e. The number of hydrogen-bond donors (Lipinski definition) is 1. The van der Waals surface area contributed by atoms with Crippen molar-refractivity contribution in [2.24, 2.45) is 0 Å². The first kappa shape index (κ1) is 21.5. The zero-order chi connectivity index (χ0) is 21.6. The first-order valence-electron chi connectivity index (χ1n) is 10.5. The van der Waals surface area contributed by atoms with E-state index in [4.69, 9.17) is 4.74 Å². The van der Waals surface area contributed by atoms with E-state index in [9.17, 15) is 4.79 Å². The smallest absolute Gasteiger partial charge is 0.251 e. The molecule has 0 bridgehead atoms. The predicted molar refractivity (Wildman–Crippen MR) is 124 cm³/mol. The molecule has 1 amide bonds. The number of carbonyl (C=O) groups is 1. The minimum absolute atomic E-state index is 0.0177. The van der Waals surface area contributed by atoms with Crippen LogP contribution in [0.2, 0.25) is 0 Å². The van der Waals surface area contributed by atoms with Crippen molar-refractivity contribution in [2.75, 3.05) is 26.5 Å². The van der Waals surface area contributed by atoms with E-state index in [1.807, 2.05) is 59.5 Å². The number of carbonyl (C=O) groups excluding carboxylic acids is 1. The van der Waals surface area contributed by atoms with Gasteiger partial charge in [0.05, 0.1) is 7.11 Å². The number of rotatable bonds is 7. The van der Waals surface area contributed by atoms with Crippen LogP contribution in [0.25, 0.3) is 5.69 Å². The Morgan fingerprint density at radius 3 is 2.77 bits per heavy atom. The van der Waals surface area contributed by atoms with E-state index in [2.05, 4.69) is 21.3 Å². The van der Waals surface area contributed by atoms with Crippen LogP contribution in [0.5, 0.6) is 5.75 Å². The van der Waals surface area contributed by atoms with Crippen molar-refractivity contribution in [3.63, 3.8) is 0 Å². The summed E-state index contributed by atoms with van der Waals surface area (Å²) in [4.78, 5) is 19.6. The molecule has 162 valence electrons. The Bertz CT molecular complexity index is 1030. The fourth-order valence-electron chi connectivity index (χ4n) is 4.01.